The first-order valence-electron chi connectivity index (χ1n) is 8.58. The van der Waals surface area contributed by atoms with Crippen molar-refractivity contribution in [3.8, 4) is 11.5 Å². The van der Waals surface area contributed by atoms with Crippen molar-refractivity contribution in [2.24, 2.45) is 5.14 Å². The number of nitrogens with two attached hydrogens (primary N) is 1. The number of hydrogen-bond donors (Lipinski definition) is 4. The topological polar surface area (TPSA) is 121 Å². The van der Waals surface area contributed by atoms with Gasteiger partial charge in [0.25, 0.3) is 0 Å². The standard InChI is InChI=1S/C19H23NO5S/c20-26(24,25)19-8-1-12(11-21)9-17(19)14-4-2-13(3-5-14)16-7-6-15(22)10-18(16)23/h1,6-10,13-14,21-23H,2-5,11H2,(H2,20,24,25)/t13-,14+. The molecule has 1 saturated carbocycles. The minimum absolute atomic E-state index is 0.0264. The number of benzene rings is 2. The fourth-order valence-electron chi connectivity index (χ4n) is 3.87. The minimum Gasteiger partial charge on any atom is -0.508 e. The van der Waals surface area contributed by atoms with Gasteiger partial charge in [0, 0.05) is 6.07 Å². The molecule has 6 nitrogen and oxygen atoms in total. The molecule has 2 aromatic carbocycles. The van der Waals surface area contributed by atoms with E-state index in [0.29, 0.717) is 11.1 Å². The lowest BCUT2D eigenvalue weighted by Crippen LogP contribution is -2.19. The van der Waals surface area contributed by atoms with Crippen LogP contribution in [-0.4, -0.2) is 23.7 Å². The molecular formula is C19H23NO5S. The summed E-state index contributed by atoms with van der Waals surface area (Å²) in [5.41, 5.74) is 2.12. The largest absolute Gasteiger partial charge is 0.508 e. The van der Waals surface area contributed by atoms with Crippen molar-refractivity contribution >= 4 is 10.0 Å². The van der Waals surface area contributed by atoms with Crippen LogP contribution in [0.3, 0.4) is 0 Å². The average Bonchev–Trinajstić information content (AvgIpc) is 2.60. The Morgan fingerprint density at radius 3 is 2.08 bits per heavy atom. The normalized spacial score (nSPS) is 20.8. The van der Waals surface area contributed by atoms with Crippen LogP contribution in [0.5, 0.6) is 11.5 Å². The zero-order valence-corrected chi connectivity index (χ0v) is 15.1. The second-order valence-corrected chi connectivity index (χ2v) is 8.40. The first-order valence-corrected chi connectivity index (χ1v) is 10.1. The highest BCUT2D eigenvalue weighted by atomic mass is 32.2. The predicted molar refractivity (Wildman–Crippen MR) is 97.5 cm³/mol. The van der Waals surface area contributed by atoms with Crippen molar-refractivity contribution in [1.82, 2.24) is 0 Å². The van der Waals surface area contributed by atoms with Crippen LogP contribution in [0.1, 0.15) is 54.2 Å². The van der Waals surface area contributed by atoms with E-state index in [1.54, 1.807) is 24.3 Å². The molecule has 0 spiro atoms. The monoisotopic (exact) mass is 377 g/mol. The number of aliphatic hydroxyl groups excluding tert-OH is 1. The highest BCUT2D eigenvalue weighted by Gasteiger charge is 2.28. The van der Waals surface area contributed by atoms with Gasteiger partial charge < -0.3 is 15.3 Å². The Hall–Kier alpha value is -2.09. The highest BCUT2D eigenvalue weighted by molar-refractivity contribution is 7.89. The minimum atomic E-state index is -3.83. The summed E-state index contributed by atoms with van der Waals surface area (Å²) in [7, 11) is -3.83. The van der Waals surface area contributed by atoms with Crippen LogP contribution in [0.4, 0.5) is 0 Å². The summed E-state index contributed by atoms with van der Waals surface area (Å²) in [6.45, 7) is -0.158. The van der Waals surface area contributed by atoms with Gasteiger partial charge in [0.2, 0.25) is 10.0 Å². The SMILES string of the molecule is NS(=O)(=O)c1ccc(CO)cc1[C@H]1CC[C@@H](c2ccc(O)cc2O)CC1. The lowest BCUT2D eigenvalue weighted by atomic mass is 9.75. The molecule has 26 heavy (non-hydrogen) atoms. The fraction of sp³-hybridized carbons (Fsp3) is 0.368. The van der Waals surface area contributed by atoms with Crippen molar-refractivity contribution in [2.45, 2.75) is 49.0 Å². The first kappa shape index (κ1) is 18.7. The van der Waals surface area contributed by atoms with E-state index < -0.39 is 10.0 Å². The van der Waals surface area contributed by atoms with Gasteiger partial charge in [0.05, 0.1) is 11.5 Å². The van der Waals surface area contributed by atoms with Gasteiger partial charge in [-0.15, -0.1) is 0 Å². The summed E-state index contributed by atoms with van der Waals surface area (Å²) in [6.07, 6.45) is 3.08. The first-order chi connectivity index (χ1) is 12.3. The molecule has 0 bridgehead atoms. The molecule has 0 unspecified atom stereocenters. The Labute approximate surface area is 153 Å². The van der Waals surface area contributed by atoms with E-state index in [1.807, 2.05) is 0 Å². The van der Waals surface area contributed by atoms with Gasteiger partial charge >= 0.3 is 0 Å². The zero-order chi connectivity index (χ0) is 18.9. The van der Waals surface area contributed by atoms with Crippen LogP contribution in [0, 0.1) is 0 Å². The molecule has 2 aromatic rings. The Balaban J connectivity index is 1.84. The number of phenols is 2. The van der Waals surface area contributed by atoms with Crippen molar-refractivity contribution in [1.29, 1.82) is 0 Å². The summed E-state index contributed by atoms with van der Waals surface area (Å²) in [5.74, 6) is 0.302. The fourth-order valence-corrected chi connectivity index (χ4v) is 4.68. The van der Waals surface area contributed by atoms with Crippen LogP contribution < -0.4 is 5.14 Å². The van der Waals surface area contributed by atoms with E-state index >= 15 is 0 Å². The third-order valence-electron chi connectivity index (χ3n) is 5.18. The summed E-state index contributed by atoms with van der Waals surface area (Å²) in [4.78, 5) is 0.116. The van der Waals surface area contributed by atoms with E-state index in [1.165, 1.54) is 12.1 Å². The van der Waals surface area contributed by atoms with E-state index in [0.717, 1.165) is 31.2 Å². The van der Waals surface area contributed by atoms with Crippen LogP contribution in [-0.2, 0) is 16.6 Å². The predicted octanol–water partition coefficient (Wildman–Crippen LogP) is 2.68. The van der Waals surface area contributed by atoms with Gasteiger partial charge in [0.15, 0.2) is 0 Å². The van der Waals surface area contributed by atoms with Gasteiger partial charge in [0.1, 0.15) is 11.5 Å². The molecule has 7 heteroatoms. The number of phenolic OH excluding ortho intramolecular Hbond substituents is 2. The molecule has 0 heterocycles. The van der Waals surface area contributed by atoms with Gasteiger partial charge in [-0.25, -0.2) is 13.6 Å². The van der Waals surface area contributed by atoms with E-state index in [9.17, 15) is 23.7 Å². The molecular weight excluding hydrogens is 354 g/mol. The number of sulfonamides is 1. The van der Waals surface area contributed by atoms with Crippen LogP contribution in [0.2, 0.25) is 0 Å². The van der Waals surface area contributed by atoms with Crippen LogP contribution >= 0.6 is 0 Å². The molecule has 1 aliphatic rings. The lowest BCUT2D eigenvalue weighted by Gasteiger charge is -2.30. The summed E-state index contributed by atoms with van der Waals surface area (Å²) in [5, 5.41) is 34.2. The molecule has 0 aliphatic heterocycles. The summed E-state index contributed by atoms with van der Waals surface area (Å²) < 4.78 is 23.8. The number of hydrogen-bond acceptors (Lipinski definition) is 5. The van der Waals surface area contributed by atoms with Crippen LogP contribution in [0.15, 0.2) is 41.3 Å². The summed E-state index contributed by atoms with van der Waals surface area (Å²) in [6, 6.07) is 9.40. The maximum absolute atomic E-state index is 11.9. The van der Waals surface area contributed by atoms with E-state index in [2.05, 4.69) is 0 Å². The molecule has 5 N–H and O–H groups in total. The van der Waals surface area contributed by atoms with Gasteiger partial charge in [-0.05, 0) is 66.3 Å². The average molecular weight is 377 g/mol. The maximum atomic E-state index is 11.9. The van der Waals surface area contributed by atoms with Gasteiger partial charge in [-0.3, -0.25) is 0 Å². The zero-order valence-electron chi connectivity index (χ0n) is 14.3. The third kappa shape index (κ3) is 3.85. The second kappa shape index (κ2) is 7.26. The van der Waals surface area contributed by atoms with Gasteiger partial charge in [-0.2, -0.15) is 0 Å². The Kier molecular flexibility index (Phi) is 5.22. The number of aromatic hydroxyl groups is 2. The molecule has 1 fully saturated rings. The van der Waals surface area contributed by atoms with E-state index in [-0.39, 0.29) is 34.8 Å². The Morgan fingerprint density at radius 1 is 0.923 bits per heavy atom. The molecule has 0 radical (unpaired) electrons. The molecule has 3 rings (SSSR count). The van der Waals surface area contributed by atoms with E-state index in [4.69, 9.17) is 5.14 Å². The van der Waals surface area contributed by atoms with Crippen molar-refractivity contribution in [3.05, 3.63) is 53.1 Å². The Bertz CT molecular complexity index is 902. The quantitative estimate of drug-likeness (QED) is 0.653. The van der Waals surface area contributed by atoms with Crippen molar-refractivity contribution < 1.29 is 23.7 Å². The highest BCUT2D eigenvalue weighted by Crippen LogP contribution is 2.44. The second-order valence-electron chi connectivity index (χ2n) is 6.87. The molecule has 0 amide bonds. The van der Waals surface area contributed by atoms with Crippen molar-refractivity contribution in [3.63, 3.8) is 0 Å². The number of primary sulfonamides is 1. The molecule has 0 atom stereocenters. The lowest BCUT2D eigenvalue weighted by molar-refractivity contribution is 0.281. The van der Waals surface area contributed by atoms with Crippen molar-refractivity contribution in [2.75, 3.05) is 0 Å². The molecule has 140 valence electrons. The Morgan fingerprint density at radius 2 is 1.54 bits per heavy atom. The molecule has 0 saturated heterocycles. The third-order valence-corrected chi connectivity index (χ3v) is 6.17. The number of aliphatic hydroxyl groups is 1. The summed E-state index contributed by atoms with van der Waals surface area (Å²) >= 11 is 0. The number of rotatable bonds is 4. The van der Waals surface area contributed by atoms with Gasteiger partial charge in [-0.1, -0.05) is 18.2 Å². The van der Waals surface area contributed by atoms with Crippen LogP contribution in [0.25, 0.3) is 0 Å². The molecule has 0 aromatic heterocycles. The maximum Gasteiger partial charge on any atom is 0.238 e. The smallest absolute Gasteiger partial charge is 0.238 e. The molecule has 1 aliphatic carbocycles.